The molecule has 0 aliphatic carbocycles. The van der Waals surface area contributed by atoms with Gasteiger partial charge in [0.1, 0.15) is 5.69 Å². The second-order valence-electron chi connectivity index (χ2n) is 3.14. The number of hydrogen-bond acceptors (Lipinski definition) is 5. The second kappa shape index (κ2) is 4.65. The number of alkyl halides is 3. The number of nitrogens with zero attached hydrogens (tertiary/aromatic N) is 2. The molecular formula is C9H6F3N3OS2. The van der Waals surface area contributed by atoms with Crippen LogP contribution in [0.5, 0.6) is 5.75 Å². The monoisotopic (exact) mass is 293 g/mol. The minimum absolute atomic E-state index is 0.174. The summed E-state index contributed by atoms with van der Waals surface area (Å²) in [6.07, 6.45) is -2.04. The van der Waals surface area contributed by atoms with Crippen LogP contribution in [0, 0.1) is 4.64 Å². The summed E-state index contributed by atoms with van der Waals surface area (Å²) in [4.78, 5) is 10.1. The van der Waals surface area contributed by atoms with Crippen LogP contribution in [-0.4, -0.2) is 22.1 Å². The highest BCUT2D eigenvalue weighted by Gasteiger charge is 2.35. The minimum Gasteiger partial charge on any atom is -0.491 e. The summed E-state index contributed by atoms with van der Waals surface area (Å²) < 4.78 is 42.6. The molecule has 96 valence electrons. The molecule has 0 saturated carbocycles. The lowest BCUT2D eigenvalue weighted by atomic mass is 10.3. The Labute approximate surface area is 108 Å². The maximum Gasteiger partial charge on any atom is 0.443 e. The van der Waals surface area contributed by atoms with Gasteiger partial charge in [0.05, 0.1) is 18.3 Å². The summed E-state index contributed by atoms with van der Waals surface area (Å²) >= 11 is 5.43. The summed E-state index contributed by atoms with van der Waals surface area (Å²) in [5.41, 5.74) is 0.338. The molecule has 4 nitrogen and oxygen atoms in total. The van der Waals surface area contributed by atoms with Crippen LogP contribution in [0.1, 0.15) is 5.01 Å². The molecule has 0 saturated heterocycles. The average Bonchev–Trinajstić information content (AvgIpc) is 2.77. The third-order valence-electron chi connectivity index (χ3n) is 2.01. The molecule has 0 aliphatic heterocycles. The lowest BCUT2D eigenvalue weighted by molar-refractivity contribution is -0.137. The molecule has 0 aromatic carbocycles. The maximum atomic E-state index is 12.5. The zero-order chi connectivity index (χ0) is 13.3. The van der Waals surface area contributed by atoms with Crippen molar-refractivity contribution in [3.63, 3.8) is 0 Å². The van der Waals surface area contributed by atoms with Crippen molar-refractivity contribution in [2.45, 2.75) is 6.18 Å². The van der Waals surface area contributed by atoms with Gasteiger partial charge in [-0.1, -0.05) is 12.2 Å². The number of aromatic nitrogens is 3. The molecule has 2 aromatic rings. The predicted molar refractivity (Wildman–Crippen MR) is 62.1 cm³/mol. The molecule has 1 N–H and O–H groups in total. The quantitative estimate of drug-likeness (QED) is 0.863. The molecule has 0 bridgehead atoms. The number of aromatic amines is 1. The van der Waals surface area contributed by atoms with E-state index >= 15 is 0 Å². The first-order valence-electron chi connectivity index (χ1n) is 4.58. The van der Waals surface area contributed by atoms with Crippen LogP contribution < -0.4 is 4.74 Å². The predicted octanol–water partition coefficient (Wildman–Crippen LogP) is 3.29. The first kappa shape index (κ1) is 13.0. The third kappa shape index (κ3) is 2.36. The van der Waals surface area contributed by atoms with Gasteiger partial charge in [0.2, 0.25) is 0 Å². The number of ether oxygens (including phenoxy) is 1. The van der Waals surface area contributed by atoms with Gasteiger partial charge < -0.3 is 9.72 Å². The molecule has 9 heteroatoms. The number of methoxy groups -OCH3 is 1. The summed E-state index contributed by atoms with van der Waals surface area (Å²) in [7, 11) is 1.37. The first-order chi connectivity index (χ1) is 8.43. The average molecular weight is 293 g/mol. The Morgan fingerprint density at radius 2 is 2.11 bits per heavy atom. The summed E-state index contributed by atoms with van der Waals surface area (Å²) in [6.45, 7) is 0. The van der Waals surface area contributed by atoms with E-state index in [1.54, 1.807) is 0 Å². The number of hydrogen-bond donors (Lipinski definition) is 1. The van der Waals surface area contributed by atoms with Crippen LogP contribution in [0.3, 0.4) is 0 Å². The molecule has 2 rings (SSSR count). The van der Waals surface area contributed by atoms with Gasteiger partial charge in [0, 0.05) is 6.20 Å². The Bertz CT molecular complexity index is 620. The number of thiazole rings is 1. The lowest BCUT2D eigenvalue weighted by Gasteiger charge is -2.05. The minimum atomic E-state index is -4.46. The first-order valence-corrected chi connectivity index (χ1v) is 5.81. The topological polar surface area (TPSA) is 50.8 Å². The molecule has 0 unspecified atom stereocenters. The van der Waals surface area contributed by atoms with Crippen molar-refractivity contribution < 1.29 is 17.9 Å². The molecule has 0 spiro atoms. The Morgan fingerprint density at radius 3 is 2.67 bits per heavy atom. The zero-order valence-electron chi connectivity index (χ0n) is 8.91. The van der Waals surface area contributed by atoms with Crippen molar-refractivity contribution in [2.75, 3.05) is 7.11 Å². The standard InChI is InChI=1S/C9H6F3N3OS2/c1-16-6-5(14-3-15-7(6)17)4-2-13-8(18-4)9(10,11)12/h2-3H,1H3,(H,14,15,17). The maximum absolute atomic E-state index is 12.5. The summed E-state index contributed by atoms with van der Waals surface area (Å²) in [6, 6.07) is 0. The molecule has 0 aliphatic rings. The highest BCUT2D eigenvalue weighted by Crippen LogP contribution is 2.38. The van der Waals surface area contributed by atoms with Crippen LogP contribution in [0.2, 0.25) is 0 Å². The van der Waals surface area contributed by atoms with E-state index in [4.69, 9.17) is 17.0 Å². The largest absolute Gasteiger partial charge is 0.491 e. The molecule has 0 radical (unpaired) electrons. The van der Waals surface area contributed by atoms with Gasteiger partial charge in [-0.05, 0) is 0 Å². The van der Waals surface area contributed by atoms with Crippen molar-refractivity contribution in [3.05, 3.63) is 22.2 Å². The van der Waals surface area contributed by atoms with Crippen LogP contribution >= 0.6 is 23.6 Å². The Morgan fingerprint density at radius 1 is 1.39 bits per heavy atom. The van der Waals surface area contributed by atoms with E-state index in [9.17, 15) is 13.2 Å². The second-order valence-corrected chi connectivity index (χ2v) is 4.56. The Balaban J connectivity index is 2.53. The van der Waals surface area contributed by atoms with Gasteiger partial charge in [0.15, 0.2) is 15.4 Å². The van der Waals surface area contributed by atoms with E-state index < -0.39 is 11.2 Å². The summed E-state index contributed by atoms with van der Waals surface area (Å²) in [5, 5.41) is -0.921. The molecule has 18 heavy (non-hydrogen) atoms. The van der Waals surface area contributed by atoms with Crippen molar-refractivity contribution in [1.82, 2.24) is 15.0 Å². The fraction of sp³-hybridized carbons (Fsp3) is 0.222. The molecule has 0 amide bonds. The zero-order valence-corrected chi connectivity index (χ0v) is 10.5. The van der Waals surface area contributed by atoms with Gasteiger partial charge in [-0.2, -0.15) is 13.2 Å². The number of H-pyrrole nitrogens is 1. The van der Waals surface area contributed by atoms with E-state index in [1.807, 2.05) is 0 Å². The van der Waals surface area contributed by atoms with Crippen molar-refractivity contribution >= 4 is 23.6 Å². The number of rotatable bonds is 2. The van der Waals surface area contributed by atoms with Gasteiger partial charge in [-0.25, -0.2) is 9.97 Å². The Kier molecular flexibility index (Phi) is 3.35. The van der Waals surface area contributed by atoms with E-state index in [0.717, 1.165) is 6.20 Å². The SMILES string of the molecule is COc1c(-c2cnc(C(F)(F)F)s2)[nH]cnc1=S. The summed E-state index contributed by atoms with van der Waals surface area (Å²) in [5.74, 6) is 0.227. The highest BCUT2D eigenvalue weighted by atomic mass is 32.1. The van der Waals surface area contributed by atoms with Gasteiger partial charge in [-0.15, -0.1) is 11.3 Å². The Hall–Kier alpha value is -1.48. The number of nitrogens with one attached hydrogen (secondary N) is 1. The molecule has 0 fully saturated rings. The fourth-order valence-corrected chi connectivity index (χ4v) is 2.31. The molecule has 2 aromatic heterocycles. The third-order valence-corrected chi connectivity index (χ3v) is 3.36. The normalized spacial score (nSPS) is 11.6. The molecular weight excluding hydrogens is 287 g/mol. The van der Waals surface area contributed by atoms with E-state index in [2.05, 4.69) is 15.0 Å². The smallest absolute Gasteiger partial charge is 0.443 e. The van der Waals surface area contributed by atoms with Crippen LogP contribution in [0.25, 0.3) is 10.6 Å². The highest BCUT2D eigenvalue weighted by molar-refractivity contribution is 7.71. The van der Waals surface area contributed by atoms with Gasteiger partial charge >= 0.3 is 6.18 Å². The fourth-order valence-electron chi connectivity index (χ4n) is 1.28. The molecule has 0 atom stereocenters. The lowest BCUT2D eigenvalue weighted by Crippen LogP contribution is -2.02. The van der Waals surface area contributed by atoms with Crippen molar-refractivity contribution in [2.24, 2.45) is 0 Å². The van der Waals surface area contributed by atoms with Crippen LogP contribution in [0.15, 0.2) is 12.5 Å². The van der Waals surface area contributed by atoms with E-state index in [-0.39, 0.29) is 15.3 Å². The van der Waals surface area contributed by atoms with Crippen LogP contribution in [-0.2, 0) is 6.18 Å². The van der Waals surface area contributed by atoms with E-state index in [1.165, 1.54) is 13.4 Å². The van der Waals surface area contributed by atoms with Crippen molar-refractivity contribution in [1.29, 1.82) is 0 Å². The number of halogens is 3. The van der Waals surface area contributed by atoms with Crippen molar-refractivity contribution in [3.8, 4) is 16.3 Å². The molecule has 2 heterocycles. The van der Waals surface area contributed by atoms with Gasteiger partial charge in [-0.3, -0.25) is 0 Å². The van der Waals surface area contributed by atoms with Gasteiger partial charge in [0.25, 0.3) is 0 Å². The van der Waals surface area contributed by atoms with E-state index in [0.29, 0.717) is 17.0 Å². The van der Waals surface area contributed by atoms with Crippen LogP contribution in [0.4, 0.5) is 13.2 Å².